The molecule has 3 saturated carbocycles. The summed E-state index contributed by atoms with van der Waals surface area (Å²) in [6, 6.07) is 49.5. The summed E-state index contributed by atoms with van der Waals surface area (Å²) in [6.45, 7) is 5.90. The van der Waals surface area contributed by atoms with Crippen LogP contribution >= 0.6 is 11.6 Å². The zero-order chi connectivity index (χ0) is 94.9. The molecule has 3 aliphatic carbocycles. The van der Waals surface area contributed by atoms with Crippen LogP contribution in [0.5, 0.6) is 69.0 Å². The highest BCUT2D eigenvalue weighted by Gasteiger charge is 2.67. The average molecular weight is 1930 g/mol. The first-order chi connectivity index (χ1) is 63.7. The highest BCUT2D eigenvalue weighted by Crippen LogP contribution is 2.59. The average Bonchev–Trinajstić information content (AvgIpc) is 1.59. The van der Waals surface area contributed by atoms with Crippen molar-refractivity contribution in [3.05, 3.63) is 193 Å². The molecule has 17 rings (SSSR count). The smallest absolute Gasteiger partial charge is 0.267 e. The number of para-hydroxylation sites is 1. The number of benzene rings is 8. The Hall–Kier alpha value is -10.7. The molecule has 5 unspecified atom stereocenters. The van der Waals surface area contributed by atoms with Crippen LogP contribution in [0.25, 0.3) is 0 Å². The largest absolute Gasteiger partial charge is 0.497 e. The van der Waals surface area contributed by atoms with Crippen molar-refractivity contribution in [2.24, 2.45) is 21.7 Å². The molecule has 34 nitrogen and oxygen atoms in total. The maximum atomic E-state index is 14.0. The van der Waals surface area contributed by atoms with Gasteiger partial charge in [0.1, 0.15) is 73.9 Å². The Morgan fingerprint density at radius 3 is 1.07 bits per heavy atom. The van der Waals surface area contributed by atoms with E-state index in [0.717, 1.165) is 90.9 Å². The monoisotopic (exact) mass is 1930 g/mol. The standard InChI is InChI=1S/C25H29N3O7S.C23H27ClN2O6S.2C23H28N2O6S/c1-34-18-2-4-19(5-3-18)35-20-6-8-21(9-7-20)36(32,33)25(22(29)27-31)15-17-14-24(10-12-26-13-11-24)23(30)28(17)16-25;1-31-16-2-4-17(5-3-16)32-20-7-6-18(14-19(20)24)33(29,30)23(21(27)26-28)9-8-22(15-23)10-12-25-13-11-22;1-30-17-5-7-18(8-6-17)31-19-3-2-4-20(15-19)32(28,29)23(21(26)25-27)10-9-22(16-23)11-13-24-14-12-22;1-30-17-6-8-18(9-7-17)31-19-4-2-3-5-20(19)32(28,29)23(21(26)25-27)11-10-22(16-23)12-14-24-15-13-22/h2-9,17,26,31H,10-16H2,1H3,(H,27,29);2-7,14,25,28H,8-13,15H2,1H3,(H,26,27);2-8,15,24,27H,9-14,16H2,1H3,(H,25,26);2-9,24,27H,10-16H2,1H3,(H,25,26). The molecule has 714 valence electrons. The molecule has 0 radical (unpaired) electrons. The van der Waals surface area contributed by atoms with Gasteiger partial charge in [-0.25, -0.2) is 55.6 Å². The van der Waals surface area contributed by atoms with Crippen LogP contribution in [-0.2, 0) is 63.3 Å². The lowest BCUT2D eigenvalue weighted by atomic mass is 9.75. The highest BCUT2D eigenvalue weighted by atomic mass is 35.5. The predicted molar refractivity (Wildman–Crippen MR) is 487 cm³/mol. The Morgan fingerprint density at radius 2 is 0.677 bits per heavy atom. The minimum Gasteiger partial charge on any atom is -0.497 e. The van der Waals surface area contributed by atoms with Gasteiger partial charge in [0.25, 0.3) is 23.6 Å². The number of ether oxygens (including phenoxy) is 8. The van der Waals surface area contributed by atoms with E-state index in [-0.39, 0.29) is 116 Å². The lowest BCUT2D eigenvalue weighted by Crippen LogP contribution is -2.55. The Kier molecular flexibility index (Phi) is 29.9. The number of rotatable bonds is 24. The van der Waals surface area contributed by atoms with Gasteiger partial charge in [0, 0.05) is 6.04 Å². The molecule has 0 aromatic heterocycles. The molecule has 8 aromatic carbocycles. The molecule has 12 N–H and O–H groups in total. The number of amides is 5. The van der Waals surface area contributed by atoms with Crippen LogP contribution in [0.3, 0.4) is 0 Å². The number of hydroxylamine groups is 4. The Bertz CT molecular complexity index is 6010. The van der Waals surface area contributed by atoms with Gasteiger partial charge in [0.2, 0.25) is 5.91 Å². The van der Waals surface area contributed by atoms with Crippen molar-refractivity contribution in [1.82, 2.24) is 48.1 Å². The van der Waals surface area contributed by atoms with E-state index in [0.29, 0.717) is 96.0 Å². The molecule has 9 fully saturated rings. The van der Waals surface area contributed by atoms with Gasteiger partial charge in [-0.05, 0) is 360 Å². The van der Waals surface area contributed by atoms with Crippen LogP contribution in [0, 0.1) is 21.7 Å². The number of piperidine rings is 4. The van der Waals surface area contributed by atoms with Crippen molar-refractivity contribution in [2.45, 2.75) is 167 Å². The number of hydrogen-bond acceptors (Lipinski definition) is 29. The number of halogens is 1. The Morgan fingerprint density at radius 1 is 0.346 bits per heavy atom. The molecular formula is C94H112ClN9O25S4. The molecule has 6 aliphatic heterocycles. The summed E-state index contributed by atoms with van der Waals surface area (Å²) in [7, 11) is -10.5. The molecule has 5 amide bonds. The predicted octanol–water partition coefficient (Wildman–Crippen LogP) is 11.7. The number of hydrogen-bond donors (Lipinski definition) is 12. The molecule has 9 aliphatic rings. The normalized spacial score (nSPS) is 23.1. The summed E-state index contributed by atoms with van der Waals surface area (Å²) in [4.78, 5) is 66.1. The van der Waals surface area contributed by atoms with E-state index >= 15 is 0 Å². The topological polar surface area (TPSA) is 476 Å². The Balaban J connectivity index is 0.000000143. The lowest BCUT2D eigenvalue weighted by molar-refractivity contribution is -0.138. The van der Waals surface area contributed by atoms with Crippen LogP contribution in [0.2, 0.25) is 5.02 Å². The summed E-state index contributed by atoms with van der Waals surface area (Å²) in [5, 5.41) is 51.1. The first-order valence-corrected chi connectivity index (χ1v) is 50.3. The van der Waals surface area contributed by atoms with Gasteiger partial charge < -0.3 is 64.1 Å². The molecule has 6 heterocycles. The van der Waals surface area contributed by atoms with Gasteiger partial charge in [-0.2, -0.15) is 0 Å². The van der Waals surface area contributed by atoms with Crippen LogP contribution in [-0.4, -0.2) is 201 Å². The number of nitrogens with one attached hydrogen (secondary N) is 8. The van der Waals surface area contributed by atoms with Crippen molar-refractivity contribution in [3.63, 3.8) is 0 Å². The molecule has 0 bridgehead atoms. The van der Waals surface area contributed by atoms with E-state index in [2.05, 4.69) is 21.3 Å². The fraction of sp³-hybridized carbons (Fsp3) is 0.436. The minimum absolute atomic E-state index is 0.00176. The number of carbonyl (C=O) groups excluding carboxylic acids is 5. The first-order valence-electron chi connectivity index (χ1n) is 44.0. The molecule has 6 saturated heterocycles. The maximum absolute atomic E-state index is 14.0. The fourth-order valence-corrected chi connectivity index (χ4v) is 29.6. The second kappa shape index (κ2) is 40.4. The second-order valence-electron chi connectivity index (χ2n) is 35.7. The molecule has 39 heteroatoms. The summed E-state index contributed by atoms with van der Waals surface area (Å²) in [5.41, 5.74) is 5.23. The van der Waals surface area contributed by atoms with Gasteiger partial charge in [-0.3, -0.25) is 44.8 Å². The van der Waals surface area contributed by atoms with Crippen LogP contribution in [0.15, 0.2) is 208 Å². The van der Waals surface area contributed by atoms with E-state index in [4.69, 9.17) is 49.5 Å². The lowest BCUT2D eigenvalue weighted by Gasteiger charge is -2.36. The molecule has 133 heavy (non-hydrogen) atoms. The number of fused-ring (bicyclic) bond motifs is 1. The quantitative estimate of drug-likeness (QED) is 0.0197. The number of methoxy groups -OCH3 is 4. The number of nitrogens with zero attached hydrogens (tertiary/aromatic N) is 1. The van der Waals surface area contributed by atoms with Crippen LogP contribution in [0.1, 0.15) is 122 Å². The zero-order valence-electron chi connectivity index (χ0n) is 74.1. The molecule has 4 spiro atoms. The van der Waals surface area contributed by atoms with Gasteiger partial charge in [0.05, 0.1) is 60.1 Å². The summed E-state index contributed by atoms with van der Waals surface area (Å²) < 4.78 is 147. The second-order valence-corrected chi connectivity index (χ2v) is 45.1. The van der Waals surface area contributed by atoms with E-state index in [9.17, 15) is 78.5 Å². The highest BCUT2D eigenvalue weighted by molar-refractivity contribution is 7.94. The van der Waals surface area contributed by atoms with E-state index < -0.39 is 87.4 Å². The molecular weight excluding hydrogens is 1820 g/mol. The SMILES string of the molecule is COc1ccc(Oc2ccc(S(=O)(=O)C3(C(=O)NO)CC4CC5(CCNCC5)C(=O)N4C3)cc2)cc1.COc1ccc(Oc2ccc(S(=O)(=O)C3(C(=O)NO)CCC4(CCNCC4)C3)cc2Cl)cc1.COc1ccc(Oc2cccc(S(=O)(=O)C3(C(=O)NO)CCC4(CCNCC4)C3)c2)cc1.COc1ccc(Oc2ccccc2S(=O)(=O)C2(C(=O)NO)CCC3(CCNCC3)C2)cc1. The number of sulfone groups is 4. The molecule has 8 aromatic rings. The minimum atomic E-state index is -4.27. The van der Waals surface area contributed by atoms with Gasteiger partial charge in [0.15, 0.2) is 58.3 Å². The zero-order valence-corrected chi connectivity index (χ0v) is 78.1. The first kappa shape index (κ1) is 98.3. The fourth-order valence-electron chi connectivity index (χ4n) is 20.8. The maximum Gasteiger partial charge on any atom is 0.267 e. The van der Waals surface area contributed by atoms with Crippen molar-refractivity contribution in [1.29, 1.82) is 0 Å². The summed E-state index contributed by atoms with van der Waals surface area (Å²) in [6.07, 6.45) is 9.48. The van der Waals surface area contributed by atoms with Crippen molar-refractivity contribution >= 4 is 80.5 Å². The van der Waals surface area contributed by atoms with E-state index in [1.54, 1.807) is 183 Å². The summed E-state index contributed by atoms with van der Waals surface area (Å²) in [5.74, 6) is 2.09. The van der Waals surface area contributed by atoms with Gasteiger partial charge in [-0.15, -0.1) is 0 Å². The summed E-state index contributed by atoms with van der Waals surface area (Å²) >= 11 is 6.38. The van der Waals surface area contributed by atoms with Gasteiger partial charge in [-0.1, -0.05) is 29.8 Å². The van der Waals surface area contributed by atoms with Crippen molar-refractivity contribution in [3.8, 4) is 69.0 Å². The van der Waals surface area contributed by atoms with E-state index in [1.807, 2.05) is 0 Å². The molecule has 5 atom stereocenters. The third-order valence-corrected chi connectivity index (χ3v) is 38.4. The van der Waals surface area contributed by atoms with Crippen molar-refractivity contribution in [2.75, 3.05) is 87.3 Å². The number of carbonyl (C=O) groups is 5. The van der Waals surface area contributed by atoms with Gasteiger partial charge >= 0.3 is 0 Å². The van der Waals surface area contributed by atoms with Crippen LogP contribution < -0.4 is 81.1 Å². The third kappa shape index (κ3) is 19.5. The van der Waals surface area contributed by atoms with Crippen LogP contribution in [0.4, 0.5) is 0 Å². The van der Waals surface area contributed by atoms with Crippen molar-refractivity contribution < 1.29 is 116 Å². The Labute approximate surface area is 777 Å². The van der Waals surface area contributed by atoms with E-state index in [1.165, 1.54) is 60.7 Å². The third-order valence-electron chi connectivity index (χ3n) is 28.4.